The number of carbonyl (C=O) groups excluding carboxylic acids is 1. The van der Waals surface area contributed by atoms with Crippen molar-refractivity contribution in [3.8, 4) is 17.4 Å². The molecule has 0 atom stereocenters. The lowest BCUT2D eigenvalue weighted by Crippen LogP contribution is -2.23. The average molecular weight is 473 g/mol. The third-order valence-corrected chi connectivity index (χ3v) is 5.86. The number of amides is 1. The van der Waals surface area contributed by atoms with Crippen LogP contribution in [0, 0.1) is 25.2 Å². The molecule has 1 N–H and O–H groups in total. The van der Waals surface area contributed by atoms with Gasteiger partial charge in [-0.3, -0.25) is 14.3 Å². The molecule has 0 spiro atoms. The Labute approximate surface area is 200 Å². The highest BCUT2D eigenvalue weighted by atomic mass is 35.5. The van der Waals surface area contributed by atoms with Crippen LogP contribution in [0.1, 0.15) is 17.0 Å². The quantitative estimate of drug-likeness (QED) is 0.348. The van der Waals surface area contributed by atoms with Gasteiger partial charge in [-0.25, -0.2) is 9.36 Å². The van der Waals surface area contributed by atoms with Crippen molar-refractivity contribution in [1.29, 1.82) is 5.26 Å². The Balaban J connectivity index is 1.69. The van der Waals surface area contributed by atoms with Crippen LogP contribution in [0.3, 0.4) is 0 Å². The summed E-state index contributed by atoms with van der Waals surface area (Å²) in [6.07, 6.45) is 1.38. The summed E-state index contributed by atoms with van der Waals surface area (Å²) in [6, 6.07) is 20.3. The Morgan fingerprint density at radius 3 is 2.24 bits per heavy atom. The number of benzene rings is 2. The van der Waals surface area contributed by atoms with Crippen molar-refractivity contribution in [2.75, 3.05) is 5.32 Å². The van der Waals surface area contributed by atoms with Crippen molar-refractivity contribution in [3.63, 3.8) is 0 Å². The first-order valence-electron chi connectivity index (χ1n) is 10.4. The largest absolute Gasteiger partial charge is 0.315 e. The standard InChI is InChI=1S/C25H21ClN6O2/c1-16-21(23(26)31(29-16)19-10-6-4-7-11-19)14-18(15-27)24(33)28-22-17(2)30(3)32(25(22)34)20-12-8-5-9-13-20/h4-14H,1-3H3,(H,28,33)/b18-14+. The summed E-state index contributed by atoms with van der Waals surface area (Å²) in [5.41, 5.74) is 2.45. The van der Waals surface area contributed by atoms with E-state index in [1.807, 2.05) is 54.6 Å². The van der Waals surface area contributed by atoms with E-state index >= 15 is 0 Å². The summed E-state index contributed by atoms with van der Waals surface area (Å²) < 4.78 is 4.63. The number of hydrogen-bond acceptors (Lipinski definition) is 4. The summed E-state index contributed by atoms with van der Waals surface area (Å²) >= 11 is 6.53. The molecule has 0 radical (unpaired) electrons. The summed E-state index contributed by atoms with van der Waals surface area (Å²) in [5.74, 6) is -0.712. The molecule has 2 aromatic carbocycles. The molecule has 2 aromatic heterocycles. The van der Waals surface area contributed by atoms with E-state index < -0.39 is 11.5 Å². The molecule has 1 amide bonds. The van der Waals surface area contributed by atoms with E-state index in [-0.39, 0.29) is 16.4 Å². The molecule has 4 rings (SSSR count). The molecule has 0 fully saturated rings. The predicted octanol–water partition coefficient (Wildman–Crippen LogP) is 4.18. The minimum atomic E-state index is -0.712. The van der Waals surface area contributed by atoms with Crippen LogP contribution in [-0.2, 0) is 11.8 Å². The maximum atomic E-state index is 13.1. The monoisotopic (exact) mass is 472 g/mol. The minimum absolute atomic E-state index is 0.0975. The normalized spacial score (nSPS) is 11.3. The first-order chi connectivity index (χ1) is 16.3. The Morgan fingerprint density at radius 2 is 1.65 bits per heavy atom. The summed E-state index contributed by atoms with van der Waals surface area (Å²) in [7, 11) is 1.72. The second-order valence-electron chi connectivity index (χ2n) is 7.60. The van der Waals surface area contributed by atoms with Gasteiger partial charge in [-0.05, 0) is 44.2 Å². The topological polar surface area (TPSA) is 97.6 Å². The fourth-order valence-corrected chi connectivity index (χ4v) is 3.93. The molecule has 0 unspecified atom stereocenters. The predicted molar refractivity (Wildman–Crippen MR) is 131 cm³/mol. The molecule has 2 heterocycles. The van der Waals surface area contributed by atoms with Gasteiger partial charge < -0.3 is 5.32 Å². The Bertz CT molecular complexity index is 1500. The fourth-order valence-electron chi connectivity index (χ4n) is 3.60. The lowest BCUT2D eigenvalue weighted by atomic mass is 10.1. The average Bonchev–Trinajstić information content (AvgIpc) is 3.25. The number of hydrogen-bond donors (Lipinski definition) is 1. The number of aryl methyl sites for hydroxylation is 1. The van der Waals surface area contributed by atoms with Gasteiger partial charge in [-0.1, -0.05) is 48.0 Å². The SMILES string of the molecule is Cc1nn(-c2ccccc2)c(Cl)c1/C=C(\C#N)C(=O)Nc1c(C)n(C)n(-c2ccccc2)c1=O. The highest BCUT2D eigenvalue weighted by molar-refractivity contribution is 6.31. The van der Waals surface area contributed by atoms with Crippen LogP contribution in [0.2, 0.25) is 5.15 Å². The van der Waals surface area contributed by atoms with Crippen LogP contribution < -0.4 is 10.9 Å². The number of carbonyl (C=O) groups is 1. The van der Waals surface area contributed by atoms with E-state index in [1.165, 1.54) is 15.4 Å². The van der Waals surface area contributed by atoms with E-state index in [4.69, 9.17) is 11.6 Å². The maximum Gasteiger partial charge on any atom is 0.295 e. The Morgan fingerprint density at radius 1 is 1.06 bits per heavy atom. The van der Waals surface area contributed by atoms with Gasteiger partial charge in [0.25, 0.3) is 11.5 Å². The fraction of sp³-hybridized carbons (Fsp3) is 0.120. The van der Waals surface area contributed by atoms with Crippen molar-refractivity contribution in [3.05, 3.63) is 98.7 Å². The van der Waals surface area contributed by atoms with Gasteiger partial charge in [0.2, 0.25) is 0 Å². The number of nitriles is 1. The molecule has 0 aliphatic heterocycles. The number of rotatable bonds is 5. The molecule has 0 aliphatic carbocycles. The lowest BCUT2D eigenvalue weighted by molar-refractivity contribution is -0.112. The molecular formula is C25H21ClN6O2. The third kappa shape index (κ3) is 4.05. The zero-order chi connectivity index (χ0) is 24.4. The highest BCUT2D eigenvalue weighted by Crippen LogP contribution is 2.26. The van der Waals surface area contributed by atoms with Crippen molar-refractivity contribution in [1.82, 2.24) is 19.1 Å². The number of aromatic nitrogens is 4. The van der Waals surface area contributed by atoms with Gasteiger partial charge in [0, 0.05) is 12.6 Å². The summed E-state index contributed by atoms with van der Waals surface area (Å²) in [4.78, 5) is 26.1. The molecule has 170 valence electrons. The molecule has 9 heteroatoms. The molecular weight excluding hydrogens is 452 g/mol. The van der Waals surface area contributed by atoms with E-state index in [1.54, 1.807) is 37.7 Å². The van der Waals surface area contributed by atoms with E-state index in [0.29, 0.717) is 22.6 Å². The molecule has 4 aromatic rings. The number of anilines is 1. The van der Waals surface area contributed by atoms with E-state index in [9.17, 15) is 14.9 Å². The maximum absolute atomic E-state index is 13.1. The van der Waals surface area contributed by atoms with Crippen LogP contribution in [0.4, 0.5) is 5.69 Å². The van der Waals surface area contributed by atoms with Gasteiger partial charge in [0.15, 0.2) is 0 Å². The molecule has 8 nitrogen and oxygen atoms in total. The molecule has 0 saturated heterocycles. The van der Waals surface area contributed by atoms with Crippen molar-refractivity contribution < 1.29 is 4.79 Å². The van der Waals surface area contributed by atoms with Crippen LogP contribution in [0.25, 0.3) is 17.5 Å². The van der Waals surface area contributed by atoms with Crippen molar-refractivity contribution in [2.24, 2.45) is 7.05 Å². The van der Waals surface area contributed by atoms with E-state index in [2.05, 4.69) is 10.4 Å². The second kappa shape index (κ2) is 9.25. The first-order valence-corrected chi connectivity index (χ1v) is 10.8. The second-order valence-corrected chi connectivity index (χ2v) is 7.96. The highest BCUT2D eigenvalue weighted by Gasteiger charge is 2.21. The van der Waals surface area contributed by atoms with Crippen LogP contribution in [0.5, 0.6) is 0 Å². The summed E-state index contributed by atoms with van der Waals surface area (Å²) in [6.45, 7) is 3.46. The lowest BCUT2D eigenvalue weighted by Gasteiger charge is -2.07. The van der Waals surface area contributed by atoms with Gasteiger partial charge in [0.05, 0.1) is 22.8 Å². The number of nitrogens with zero attached hydrogens (tertiary/aromatic N) is 5. The van der Waals surface area contributed by atoms with Gasteiger partial charge >= 0.3 is 0 Å². The van der Waals surface area contributed by atoms with Crippen molar-refractivity contribution >= 4 is 29.3 Å². The molecule has 34 heavy (non-hydrogen) atoms. The Hall–Kier alpha value is -4.35. The van der Waals surface area contributed by atoms with Gasteiger partial charge in [-0.15, -0.1) is 0 Å². The van der Waals surface area contributed by atoms with Crippen LogP contribution >= 0.6 is 11.6 Å². The van der Waals surface area contributed by atoms with E-state index in [0.717, 1.165) is 5.69 Å². The zero-order valence-corrected chi connectivity index (χ0v) is 19.5. The Kier molecular flexibility index (Phi) is 6.21. The summed E-state index contributed by atoms with van der Waals surface area (Å²) in [5, 5.41) is 17.0. The molecule has 0 aliphatic rings. The number of nitrogens with one attached hydrogen (secondary N) is 1. The van der Waals surface area contributed by atoms with Gasteiger partial charge in [-0.2, -0.15) is 10.4 Å². The molecule has 0 saturated carbocycles. The smallest absolute Gasteiger partial charge is 0.295 e. The number of halogens is 1. The van der Waals surface area contributed by atoms with Crippen LogP contribution in [-0.4, -0.2) is 25.1 Å². The zero-order valence-electron chi connectivity index (χ0n) is 18.8. The van der Waals surface area contributed by atoms with Crippen LogP contribution in [0.15, 0.2) is 71.0 Å². The van der Waals surface area contributed by atoms with Gasteiger partial charge in [0.1, 0.15) is 22.5 Å². The number of para-hydroxylation sites is 2. The molecule has 0 bridgehead atoms. The minimum Gasteiger partial charge on any atom is -0.315 e. The first kappa shape index (κ1) is 22.8. The van der Waals surface area contributed by atoms with Crippen molar-refractivity contribution in [2.45, 2.75) is 13.8 Å². The third-order valence-electron chi connectivity index (χ3n) is 5.50.